The van der Waals surface area contributed by atoms with Gasteiger partial charge in [0.15, 0.2) is 0 Å². The zero-order chi connectivity index (χ0) is 13.3. The molecule has 3 nitrogen and oxygen atoms in total. The van der Waals surface area contributed by atoms with Crippen LogP contribution in [0.1, 0.15) is 46.0 Å². The molecule has 3 heteroatoms. The Hall–Kier alpha value is -0.120. The zero-order valence-corrected chi connectivity index (χ0v) is 12.7. The second-order valence-electron chi connectivity index (χ2n) is 7.33. The predicted molar refractivity (Wildman–Crippen MR) is 78.3 cm³/mol. The Morgan fingerprint density at radius 3 is 2.63 bits per heavy atom. The van der Waals surface area contributed by atoms with Gasteiger partial charge < -0.3 is 15.0 Å². The van der Waals surface area contributed by atoms with E-state index in [1.165, 1.54) is 51.7 Å². The lowest BCUT2D eigenvalue weighted by molar-refractivity contribution is -0.0911. The molecular weight excluding hydrogens is 236 g/mol. The Balaban J connectivity index is 1.42. The molecule has 19 heavy (non-hydrogen) atoms. The lowest BCUT2D eigenvalue weighted by Crippen LogP contribution is -2.51. The highest BCUT2D eigenvalue weighted by Crippen LogP contribution is 2.43. The molecule has 0 amide bonds. The summed E-state index contributed by atoms with van der Waals surface area (Å²) in [6.45, 7) is 10.7. The third kappa shape index (κ3) is 3.50. The summed E-state index contributed by atoms with van der Waals surface area (Å²) in [7, 11) is 0. The highest BCUT2D eigenvalue weighted by atomic mass is 16.5. The third-order valence-electron chi connectivity index (χ3n) is 5.18. The van der Waals surface area contributed by atoms with Crippen molar-refractivity contribution in [1.82, 2.24) is 10.2 Å². The van der Waals surface area contributed by atoms with Crippen LogP contribution in [0, 0.1) is 11.8 Å². The standard InChI is InChI=1S/C16H30N2O/c1-13(2)3-8-18-9-4-14(5-10-18)15-11-17-12-16(19-15)6-7-16/h13-15,17H,3-12H2,1-2H3. The van der Waals surface area contributed by atoms with Crippen molar-refractivity contribution in [2.45, 2.75) is 57.7 Å². The summed E-state index contributed by atoms with van der Waals surface area (Å²) in [5.41, 5.74) is 0.262. The summed E-state index contributed by atoms with van der Waals surface area (Å²) in [6.07, 6.45) is 7.06. The molecule has 1 unspecified atom stereocenters. The van der Waals surface area contributed by atoms with Gasteiger partial charge >= 0.3 is 0 Å². The molecule has 1 spiro atoms. The van der Waals surface area contributed by atoms with Crippen molar-refractivity contribution in [2.75, 3.05) is 32.7 Å². The molecule has 3 aliphatic rings. The number of likely N-dealkylation sites (tertiary alicyclic amines) is 1. The topological polar surface area (TPSA) is 24.5 Å². The van der Waals surface area contributed by atoms with Gasteiger partial charge in [0.2, 0.25) is 0 Å². The summed E-state index contributed by atoms with van der Waals surface area (Å²) in [5.74, 6) is 1.62. The third-order valence-corrected chi connectivity index (χ3v) is 5.18. The second-order valence-corrected chi connectivity index (χ2v) is 7.33. The van der Waals surface area contributed by atoms with Gasteiger partial charge in [-0.1, -0.05) is 13.8 Å². The summed E-state index contributed by atoms with van der Waals surface area (Å²) >= 11 is 0. The zero-order valence-electron chi connectivity index (χ0n) is 12.7. The Bertz CT molecular complexity index is 293. The van der Waals surface area contributed by atoms with Crippen LogP contribution in [-0.2, 0) is 4.74 Å². The average molecular weight is 266 g/mol. The van der Waals surface area contributed by atoms with Crippen molar-refractivity contribution >= 4 is 0 Å². The summed E-state index contributed by atoms with van der Waals surface area (Å²) in [6, 6.07) is 0. The van der Waals surface area contributed by atoms with Crippen LogP contribution in [-0.4, -0.2) is 49.3 Å². The van der Waals surface area contributed by atoms with Crippen LogP contribution in [0.5, 0.6) is 0 Å². The van der Waals surface area contributed by atoms with Crippen molar-refractivity contribution in [1.29, 1.82) is 0 Å². The molecule has 3 rings (SSSR count). The number of nitrogens with one attached hydrogen (secondary N) is 1. The van der Waals surface area contributed by atoms with Gasteiger partial charge in [-0.3, -0.25) is 0 Å². The van der Waals surface area contributed by atoms with Crippen molar-refractivity contribution in [3.05, 3.63) is 0 Å². The number of nitrogens with zero attached hydrogens (tertiary/aromatic N) is 1. The Kier molecular flexibility index (Phi) is 4.16. The van der Waals surface area contributed by atoms with Gasteiger partial charge in [-0.2, -0.15) is 0 Å². The number of hydrogen-bond acceptors (Lipinski definition) is 3. The predicted octanol–water partition coefficient (Wildman–Crippen LogP) is 2.27. The van der Waals surface area contributed by atoms with Crippen LogP contribution in [0.25, 0.3) is 0 Å². The molecule has 1 saturated carbocycles. The van der Waals surface area contributed by atoms with E-state index < -0.39 is 0 Å². The molecule has 2 saturated heterocycles. The summed E-state index contributed by atoms with van der Waals surface area (Å²) in [4.78, 5) is 2.65. The SMILES string of the molecule is CC(C)CCN1CCC(C2CNCC3(CC3)O2)CC1. The molecule has 0 aromatic rings. The normalized spacial score (nSPS) is 32.1. The van der Waals surface area contributed by atoms with Crippen molar-refractivity contribution in [3.8, 4) is 0 Å². The lowest BCUT2D eigenvalue weighted by atomic mass is 9.90. The molecular formula is C16H30N2O. The Labute approximate surface area is 118 Å². The maximum Gasteiger partial charge on any atom is 0.0813 e. The van der Waals surface area contributed by atoms with E-state index in [2.05, 4.69) is 24.1 Å². The molecule has 0 bridgehead atoms. The van der Waals surface area contributed by atoms with Crippen molar-refractivity contribution in [2.24, 2.45) is 11.8 Å². The maximum absolute atomic E-state index is 6.38. The van der Waals surface area contributed by atoms with E-state index in [0.29, 0.717) is 6.10 Å². The van der Waals surface area contributed by atoms with Gasteiger partial charge in [-0.15, -0.1) is 0 Å². The van der Waals surface area contributed by atoms with Crippen LogP contribution in [0.4, 0.5) is 0 Å². The van der Waals surface area contributed by atoms with Crippen molar-refractivity contribution < 1.29 is 4.74 Å². The number of rotatable bonds is 4. The second kappa shape index (κ2) is 5.71. The van der Waals surface area contributed by atoms with E-state index in [1.807, 2.05) is 0 Å². The van der Waals surface area contributed by atoms with Gasteiger partial charge in [0, 0.05) is 13.1 Å². The van der Waals surface area contributed by atoms with Gasteiger partial charge in [0.1, 0.15) is 0 Å². The fourth-order valence-corrected chi connectivity index (χ4v) is 3.53. The first-order valence-corrected chi connectivity index (χ1v) is 8.28. The molecule has 0 radical (unpaired) electrons. The highest BCUT2D eigenvalue weighted by molar-refractivity contribution is 5.02. The van der Waals surface area contributed by atoms with Gasteiger partial charge in [-0.25, -0.2) is 0 Å². The molecule has 2 aliphatic heterocycles. The van der Waals surface area contributed by atoms with E-state index in [4.69, 9.17) is 4.74 Å². The van der Waals surface area contributed by atoms with Crippen LogP contribution in [0.2, 0.25) is 0 Å². The molecule has 1 N–H and O–H groups in total. The van der Waals surface area contributed by atoms with E-state index in [0.717, 1.165) is 24.9 Å². The fraction of sp³-hybridized carbons (Fsp3) is 1.00. The maximum atomic E-state index is 6.38. The number of piperidine rings is 1. The molecule has 3 fully saturated rings. The first-order valence-electron chi connectivity index (χ1n) is 8.28. The summed E-state index contributed by atoms with van der Waals surface area (Å²) < 4.78 is 6.38. The minimum absolute atomic E-state index is 0.262. The van der Waals surface area contributed by atoms with Crippen molar-refractivity contribution in [3.63, 3.8) is 0 Å². The van der Waals surface area contributed by atoms with E-state index in [1.54, 1.807) is 0 Å². The highest BCUT2D eigenvalue weighted by Gasteiger charge is 2.49. The first-order chi connectivity index (χ1) is 9.17. The molecule has 0 aromatic carbocycles. The molecule has 110 valence electrons. The number of hydrogen-bond donors (Lipinski definition) is 1. The van der Waals surface area contributed by atoms with Crippen LogP contribution in [0.15, 0.2) is 0 Å². The average Bonchev–Trinajstić information content (AvgIpc) is 3.16. The summed E-state index contributed by atoms with van der Waals surface area (Å²) in [5, 5.41) is 3.60. The minimum atomic E-state index is 0.262. The minimum Gasteiger partial charge on any atom is -0.369 e. The fourth-order valence-electron chi connectivity index (χ4n) is 3.53. The van der Waals surface area contributed by atoms with E-state index in [9.17, 15) is 0 Å². The van der Waals surface area contributed by atoms with Crippen LogP contribution in [0.3, 0.4) is 0 Å². The Morgan fingerprint density at radius 1 is 1.26 bits per heavy atom. The number of ether oxygens (including phenoxy) is 1. The number of morpholine rings is 1. The smallest absolute Gasteiger partial charge is 0.0813 e. The van der Waals surface area contributed by atoms with E-state index in [-0.39, 0.29) is 5.60 Å². The lowest BCUT2D eigenvalue weighted by Gasteiger charge is -2.40. The molecule has 2 heterocycles. The first kappa shape index (κ1) is 13.8. The van der Waals surface area contributed by atoms with Gasteiger partial charge in [0.05, 0.1) is 11.7 Å². The van der Waals surface area contributed by atoms with Crippen LogP contribution >= 0.6 is 0 Å². The molecule has 0 aromatic heterocycles. The van der Waals surface area contributed by atoms with Gasteiger partial charge in [-0.05, 0) is 63.6 Å². The molecule has 1 atom stereocenters. The molecule has 1 aliphatic carbocycles. The monoisotopic (exact) mass is 266 g/mol. The van der Waals surface area contributed by atoms with Gasteiger partial charge in [0.25, 0.3) is 0 Å². The Morgan fingerprint density at radius 2 is 2.00 bits per heavy atom. The largest absolute Gasteiger partial charge is 0.369 e. The van der Waals surface area contributed by atoms with E-state index >= 15 is 0 Å². The van der Waals surface area contributed by atoms with Crippen LogP contribution < -0.4 is 5.32 Å². The quantitative estimate of drug-likeness (QED) is 0.845.